The maximum atomic E-state index is 13.4. The fourth-order valence-corrected chi connectivity index (χ4v) is 3.76. The average Bonchev–Trinajstić information content (AvgIpc) is 2.74. The third-order valence-electron chi connectivity index (χ3n) is 5.05. The number of benzene rings is 2. The van der Waals surface area contributed by atoms with Gasteiger partial charge in [-0.05, 0) is 55.3 Å². The summed E-state index contributed by atoms with van der Waals surface area (Å²) in [5, 5.41) is 7.78. The molecule has 0 bridgehead atoms. The van der Waals surface area contributed by atoms with Gasteiger partial charge in [-0.25, -0.2) is 4.39 Å². The summed E-state index contributed by atoms with van der Waals surface area (Å²) in [5.41, 5.74) is 0.745. The molecule has 1 aliphatic heterocycles. The zero-order chi connectivity index (χ0) is 21.1. The average molecular weight is 427 g/mol. The van der Waals surface area contributed by atoms with Crippen LogP contribution in [0.2, 0.25) is 5.02 Å². The molecule has 6 nitrogen and oxygen atoms in total. The molecule has 0 unspecified atom stereocenters. The molecule has 1 atom stereocenters. The third-order valence-corrected chi connectivity index (χ3v) is 5.28. The molecule has 154 valence electrons. The fraction of sp³-hybridized carbons (Fsp3) is 0.227. The number of halogens is 2. The van der Waals surface area contributed by atoms with Crippen molar-refractivity contribution in [3.63, 3.8) is 0 Å². The normalized spacial score (nSPS) is 16.3. The number of amides is 1. The van der Waals surface area contributed by atoms with E-state index in [0.29, 0.717) is 28.8 Å². The Bertz CT molecular complexity index is 1130. The molecule has 2 aromatic carbocycles. The van der Waals surface area contributed by atoms with E-state index in [2.05, 4.69) is 10.4 Å². The van der Waals surface area contributed by atoms with Crippen LogP contribution in [0.5, 0.6) is 0 Å². The lowest BCUT2D eigenvalue weighted by molar-refractivity contribution is -0.120. The molecule has 1 amide bonds. The van der Waals surface area contributed by atoms with Crippen molar-refractivity contribution >= 4 is 29.0 Å². The number of carbonyl (C=O) groups excluding carboxylic acids is 1. The largest absolute Gasteiger partial charge is 0.354 e. The highest BCUT2D eigenvalue weighted by molar-refractivity contribution is 6.30. The van der Waals surface area contributed by atoms with Crippen LogP contribution in [-0.2, 0) is 4.79 Å². The molecular formula is C22H20ClFN4O2. The van der Waals surface area contributed by atoms with Crippen LogP contribution >= 0.6 is 11.6 Å². The SMILES string of the molecule is O=C(Nc1cccc(F)c1)[C@@H]1CCCN(c2ccc(=O)n(-c3cccc(Cl)c3)n2)C1. The van der Waals surface area contributed by atoms with Crippen molar-refractivity contribution in [3.8, 4) is 5.69 Å². The van der Waals surface area contributed by atoms with Crippen molar-refractivity contribution in [2.75, 3.05) is 23.3 Å². The standard InChI is InChI=1S/C22H20ClFN4O2/c23-16-5-1-8-19(12-16)28-21(29)10-9-20(26-28)27-11-3-4-15(14-27)22(30)25-18-7-2-6-17(24)13-18/h1-2,5-10,12-13,15H,3-4,11,14H2,(H,25,30)/t15-/m1/s1. The zero-order valence-electron chi connectivity index (χ0n) is 16.1. The van der Waals surface area contributed by atoms with E-state index in [1.807, 2.05) is 4.90 Å². The van der Waals surface area contributed by atoms with E-state index in [-0.39, 0.29) is 17.4 Å². The lowest BCUT2D eigenvalue weighted by Crippen LogP contribution is -2.41. The van der Waals surface area contributed by atoms with Crippen molar-refractivity contribution in [1.82, 2.24) is 9.78 Å². The Morgan fingerprint density at radius 2 is 1.97 bits per heavy atom. The zero-order valence-corrected chi connectivity index (χ0v) is 16.8. The first-order valence-corrected chi connectivity index (χ1v) is 10.0. The summed E-state index contributed by atoms with van der Waals surface area (Å²) in [4.78, 5) is 27.0. The Kier molecular flexibility index (Phi) is 5.81. The van der Waals surface area contributed by atoms with Crippen LogP contribution in [0.25, 0.3) is 5.69 Å². The second kappa shape index (κ2) is 8.67. The number of aromatic nitrogens is 2. The Labute approximate surface area is 177 Å². The first-order chi connectivity index (χ1) is 14.5. The Morgan fingerprint density at radius 1 is 1.13 bits per heavy atom. The minimum absolute atomic E-state index is 0.159. The van der Waals surface area contributed by atoms with Gasteiger partial charge in [0.25, 0.3) is 5.56 Å². The minimum Gasteiger partial charge on any atom is -0.354 e. The maximum Gasteiger partial charge on any atom is 0.271 e. The van der Waals surface area contributed by atoms with E-state index in [1.165, 1.54) is 22.9 Å². The number of anilines is 2. The van der Waals surface area contributed by atoms with Gasteiger partial charge in [0.15, 0.2) is 0 Å². The van der Waals surface area contributed by atoms with Gasteiger partial charge in [0, 0.05) is 29.9 Å². The molecule has 30 heavy (non-hydrogen) atoms. The van der Waals surface area contributed by atoms with E-state index in [1.54, 1.807) is 42.5 Å². The topological polar surface area (TPSA) is 67.2 Å². The Balaban J connectivity index is 1.52. The first-order valence-electron chi connectivity index (χ1n) is 9.67. The molecule has 1 N–H and O–H groups in total. The molecule has 0 saturated carbocycles. The number of piperidine rings is 1. The molecule has 4 rings (SSSR count). The molecule has 1 aromatic heterocycles. The molecule has 0 aliphatic carbocycles. The number of rotatable bonds is 4. The van der Waals surface area contributed by atoms with E-state index < -0.39 is 5.82 Å². The molecular weight excluding hydrogens is 407 g/mol. The van der Waals surface area contributed by atoms with Crippen molar-refractivity contribution in [1.29, 1.82) is 0 Å². The summed E-state index contributed by atoms with van der Waals surface area (Å²) in [6.45, 7) is 1.19. The summed E-state index contributed by atoms with van der Waals surface area (Å²) in [6, 6.07) is 15.9. The highest BCUT2D eigenvalue weighted by Crippen LogP contribution is 2.23. The Hall–Kier alpha value is -3.19. The van der Waals surface area contributed by atoms with Gasteiger partial charge in [-0.15, -0.1) is 5.10 Å². The van der Waals surface area contributed by atoms with Gasteiger partial charge in [-0.1, -0.05) is 23.7 Å². The predicted molar refractivity (Wildman–Crippen MR) is 115 cm³/mol. The van der Waals surface area contributed by atoms with Crippen LogP contribution in [0.4, 0.5) is 15.9 Å². The molecule has 0 radical (unpaired) electrons. The van der Waals surface area contributed by atoms with Crippen LogP contribution in [0, 0.1) is 11.7 Å². The van der Waals surface area contributed by atoms with Gasteiger partial charge in [0.05, 0.1) is 11.6 Å². The third kappa shape index (κ3) is 4.52. The van der Waals surface area contributed by atoms with Crippen molar-refractivity contribution in [2.24, 2.45) is 5.92 Å². The van der Waals surface area contributed by atoms with Gasteiger partial charge in [0.1, 0.15) is 11.6 Å². The summed E-state index contributed by atoms with van der Waals surface area (Å²) < 4.78 is 14.7. The lowest BCUT2D eigenvalue weighted by Gasteiger charge is -2.32. The summed E-state index contributed by atoms with van der Waals surface area (Å²) in [7, 11) is 0. The highest BCUT2D eigenvalue weighted by Gasteiger charge is 2.27. The Morgan fingerprint density at radius 3 is 2.77 bits per heavy atom. The number of hydrogen-bond donors (Lipinski definition) is 1. The maximum absolute atomic E-state index is 13.4. The van der Waals surface area contributed by atoms with E-state index in [0.717, 1.165) is 19.4 Å². The van der Waals surface area contributed by atoms with E-state index in [9.17, 15) is 14.0 Å². The second-order valence-corrected chi connectivity index (χ2v) is 7.64. The van der Waals surface area contributed by atoms with Crippen LogP contribution in [-0.4, -0.2) is 28.8 Å². The van der Waals surface area contributed by atoms with Gasteiger partial charge in [-0.2, -0.15) is 4.68 Å². The number of nitrogens with one attached hydrogen (secondary N) is 1. The van der Waals surface area contributed by atoms with Crippen molar-refractivity contribution in [3.05, 3.63) is 81.9 Å². The molecule has 1 fully saturated rings. The monoisotopic (exact) mass is 426 g/mol. The lowest BCUT2D eigenvalue weighted by atomic mass is 9.97. The van der Waals surface area contributed by atoms with Gasteiger partial charge in [-0.3, -0.25) is 9.59 Å². The highest BCUT2D eigenvalue weighted by atomic mass is 35.5. The molecule has 8 heteroatoms. The summed E-state index contributed by atoms with van der Waals surface area (Å²) in [6.07, 6.45) is 1.53. The van der Waals surface area contributed by atoms with Crippen LogP contribution in [0.3, 0.4) is 0 Å². The van der Waals surface area contributed by atoms with E-state index in [4.69, 9.17) is 11.6 Å². The summed E-state index contributed by atoms with van der Waals surface area (Å²) >= 11 is 6.04. The van der Waals surface area contributed by atoms with Crippen LogP contribution in [0.1, 0.15) is 12.8 Å². The molecule has 2 heterocycles. The van der Waals surface area contributed by atoms with Crippen LogP contribution < -0.4 is 15.8 Å². The van der Waals surface area contributed by atoms with Crippen LogP contribution in [0.15, 0.2) is 65.5 Å². The van der Waals surface area contributed by atoms with Crippen molar-refractivity contribution < 1.29 is 9.18 Å². The van der Waals surface area contributed by atoms with Crippen molar-refractivity contribution in [2.45, 2.75) is 12.8 Å². The number of nitrogens with zero attached hydrogens (tertiary/aromatic N) is 3. The number of carbonyl (C=O) groups is 1. The predicted octanol–water partition coefficient (Wildman–Crippen LogP) is 3.88. The molecule has 1 aliphatic rings. The van der Waals surface area contributed by atoms with Gasteiger partial charge < -0.3 is 10.2 Å². The molecule has 3 aromatic rings. The second-order valence-electron chi connectivity index (χ2n) is 7.21. The molecule has 1 saturated heterocycles. The minimum atomic E-state index is -0.398. The summed E-state index contributed by atoms with van der Waals surface area (Å²) in [5.74, 6) is -0.216. The molecule has 0 spiro atoms. The smallest absolute Gasteiger partial charge is 0.271 e. The van der Waals surface area contributed by atoms with Gasteiger partial charge in [0.2, 0.25) is 5.91 Å². The quantitative estimate of drug-likeness (QED) is 0.687. The van der Waals surface area contributed by atoms with E-state index >= 15 is 0 Å². The first kappa shape index (κ1) is 20.1. The van der Waals surface area contributed by atoms with Gasteiger partial charge >= 0.3 is 0 Å². The fourth-order valence-electron chi connectivity index (χ4n) is 3.57. The number of hydrogen-bond acceptors (Lipinski definition) is 4.